The van der Waals surface area contributed by atoms with Crippen molar-refractivity contribution in [1.29, 1.82) is 5.26 Å². The molecule has 1 saturated carbocycles. The molecule has 0 aromatic heterocycles. The molecule has 0 spiro atoms. The summed E-state index contributed by atoms with van der Waals surface area (Å²) in [5.41, 5.74) is -0.101. The molecule has 2 aliphatic rings. The first-order chi connectivity index (χ1) is 8.30. The van der Waals surface area contributed by atoms with Crippen LogP contribution in [0, 0.1) is 17.2 Å². The summed E-state index contributed by atoms with van der Waals surface area (Å²) in [7, 11) is 0. The van der Waals surface area contributed by atoms with Crippen LogP contribution in [0.5, 0.6) is 0 Å². The molecule has 0 aromatic rings. The van der Waals surface area contributed by atoms with Gasteiger partial charge in [0.05, 0.1) is 6.07 Å². The molecule has 2 nitrogen and oxygen atoms in total. The lowest BCUT2D eigenvalue weighted by molar-refractivity contribution is 0.0832. The van der Waals surface area contributed by atoms with E-state index < -0.39 is 0 Å². The van der Waals surface area contributed by atoms with Crippen molar-refractivity contribution in [3.05, 3.63) is 0 Å². The maximum Gasteiger partial charge on any atom is 0.109 e. The standard InChI is InChI=1S/C15H26N2/c1-2-14-7-9-15(13-16,10-8-14)17-11-5-3-4-6-12-17/h14H,2-12H2,1H3. The Morgan fingerprint density at radius 2 is 1.71 bits per heavy atom. The van der Waals surface area contributed by atoms with Crippen molar-refractivity contribution in [2.24, 2.45) is 5.92 Å². The largest absolute Gasteiger partial charge is 0.286 e. The van der Waals surface area contributed by atoms with Crippen LogP contribution in [0.3, 0.4) is 0 Å². The van der Waals surface area contributed by atoms with Crippen LogP contribution >= 0.6 is 0 Å². The van der Waals surface area contributed by atoms with Crippen molar-refractivity contribution in [1.82, 2.24) is 4.90 Å². The molecule has 1 aliphatic heterocycles. The smallest absolute Gasteiger partial charge is 0.109 e. The Bertz CT molecular complexity index is 263. The molecule has 1 heterocycles. The van der Waals surface area contributed by atoms with E-state index in [9.17, 15) is 5.26 Å². The molecular formula is C15H26N2. The van der Waals surface area contributed by atoms with Crippen LogP contribution < -0.4 is 0 Å². The Morgan fingerprint density at radius 3 is 2.18 bits per heavy atom. The van der Waals surface area contributed by atoms with Crippen molar-refractivity contribution in [2.45, 2.75) is 70.3 Å². The molecule has 0 amide bonds. The summed E-state index contributed by atoms with van der Waals surface area (Å²) in [6.45, 7) is 4.60. The summed E-state index contributed by atoms with van der Waals surface area (Å²) in [6.07, 6.45) is 11.3. The molecule has 0 N–H and O–H groups in total. The molecule has 1 aliphatic carbocycles. The Morgan fingerprint density at radius 1 is 1.12 bits per heavy atom. The van der Waals surface area contributed by atoms with Crippen molar-refractivity contribution in [3.8, 4) is 6.07 Å². The molecule has 0 atom stereocenters. The first-order valence-electron chi connectivity index (χ1n) is 7.47. The van der Waals surface area contributed by atoms with Gasteiger partial charge in [0, 0.05) is 0 Å². The number of likely N-dealkylation sites (tertiary alicyclic amines) is 1. The molecule has 1 saturated heterocycles. The van der Waals surface area contributed by atoms with Gasteiger partial charge in [-0.1, -0.05) is 26.2 Å². The van der Waals surface area contributed by atoms with E-state index in [-0.39, 0.29) is 5.54 Å². The van der Waals surface area contributed by atoms with E-state index in [2.05, 4.69) is 17.9 Å². The SMILES string of the molecule is CCC1CCC(C#N)(N2CCCCCC2)CC1. The highest BCUT2D eigenvalue weighted by molar-refractivity contribution is 5.10. The van der Waals surface area contributed by atoms with Gasteiger partial charge in [0.25, 0.3) is 0 Å². The van der Waals surface area contributed by atoms with E-state index in [1.54, 1.807) is 0 Å². The van der Waals surface area contributed by atoms with Crippen molar-refractivity contribution in [2.75, 3.05) is 13.1 Å². The van der Waals surface area contributed by atoms with Gasteiger partial charge in [-0.05, 0) is 57.5 Å². The normalized spacial score (nSPS) is 36.1. The zero-order valence-corrected chi connectivity index (χ0v) is 11.2. The number of hydrogen-bond acceptors (Lipinski definition) is 2. The second-order valence-corrected chi connectivity index (χ2v) is 5.90. The summed E-state index contributed by atoms with van der Waals surface area (Å²) in [6, 6.07) is 2.69. The average Bonchev–Trinajstić information content (AvgIpc) is 2.68. The fourth-order valence-electron chi connectivity index (χ4n) is 3.56. The zero-order valence-electron chi connectivity index (χ0n) is 11.2. The maximum atomic E-state index is 9.65. The Labute approximate surface area is 106 Å². The van der Waals surface area contributed by atoms with Crippen molar-refractivity contribution in [3.63, 3.8) is 0 Å². The van der Waals surface area contributed by atoms with Gasteiger partial charge in [-0.2, -0.15) is 5.26 Å². The molecule has 17 heavy (non-hydrogen) atoms. The lowest BCUT2D eigenvalue weighted by Crippen LogP contribution is -2.50. The summed E-state index contributed by atoms with van der Waals surface area (Å²) in [5.74, 6) is 0.878. The fraction of sp³-hybridized carbons (Fsp3) is 0.933. The summed E-state index contributed by atoms with van der Waals surface area (Å²) < 4.78 is 0. The van der Waals surface area contributed by atoms with Crippen LogP contribution in [0.4, 0.5) is 0 Å². The van der Waals surface area contributed by atoms with Gasteiger partial charge in [0.1, 0.15) is 5.54 Å². The van der Waals surface area contributed by atoms with E-state index in [0.29, 0.717) is 0 Å². The quantitative estimate of drug-likeness (QED) is 0.728. The lowest BCUT2D eigenvalue weighted by Gasteiger charge is -2.43. The number of rotatable bonds is 2. The van der Waals surface area contributed by atoms with Gasteiger partial charge in [0.15, 0.2) is 0 Å². The molecule has 2 heteroatoms. The average molecular weight is 234 g/mol. The Hall–Kier alpha value is -0.550. The zero-order chi connectivity index (χ0) is 12.1. The summed E-state index contributed by atoms with van der Waals surface area (Å²) >= 11 is 0. The molecule has 96 valence electrons. The predicted molar refractivity (Wildman–Crippen MR) is 70.6 cm³/mol. The van der Waals surface area contributed by atoms with E-state index in [0.717, 1.165) is 31.8 Å². The molecule has 2 fully saturated rings. The Kier molecular flexibility index (Phi) is 4.45. The van der Waals surface area contributed by atoms with Gasteiger partial charge in [0.2, 0.25) is 0 Å². The molecule has 0 radical (unpaired) electrons. The minimum atomic E-state index is -0.101. The highest BCUT2D eigenvalue weighted by Crippen LogP contribution is 2.38. The first kappa shape index (κ1) is 12.9. The molecule has 2 rings (SSSR count). The van der Waals surface area contributed by atoms with Gasteiger partial charge in [-0.15, -0.1) is 0 Å². The summed E-state index contributed by atoms with van der Waals surface area (Å²) in [4.78, 5) is 2.52. The molecule has 0 bridgehead atoms. The highest BCUT2D eigenvalue weighted by Gasteiger charge is 2.40. The van der Waals surface area contributed by atoms with E-state index >= 15 is 0 Å². The minimum Gasteiger partial charge on any atom is -0.286 e. The van der Waals surface area contributed by atoms with Crippen molar-refractivity contribution < 1.29 is 0 Å². The van der Waals surface area contributed by atoms with Gasteiger partial charge < -0.3 is 0 Å². The van der Waals surface area contributed by atoms with E-state index in [4.69, 9.17) is 0 Å². The highest BCUT2D eigenvalue weighted by atomic mass is 15.2. The first-order valence-corrected chi connectivity index (χ1v) is 7.47. The van der Waals surface area contributed by atoms with E-state index in [1.807, 2.05) is 0 Å². The third kappa shape index (κ3) is 2.83. The number of nitriles is 1. The second kappa shape index (κ2) is 5.87. The Balaban J connectivity index is 2.01. The monoisotopic (exact) mass is 234 g/mol. The van der Waals surface area contributed by atoms with Crippen LogP contribution in [0.25, 0.3) is 0 Å². The van der Waals surface area contributed by atoms with Gasteiger partial charge in [-0.25, -0.2) is 0 Å². The topological polar surface area (TPSA) is 27.0 Å². The van der Waals surface area contributed by atoms with Crippen LogP contribution in [-0.2, 0) is 0 Å². The van der Waals surface area contributed by atoms with Crippen LogP contribution in [0.1, 0.15) is 64.7 Å². The molecule has 0 aromatic carbocycles. The van der Waals surface area contributed by atoms with Crippen LogP contribution in [0.2, 0.25) is 0 Å². The van der Waals surface area contributed by atoms with E-state index in [1.165, 1.54) is 44.9 Å². The fourth-order valence-corrected chi connectivity index (χ4v) is 3.56. The number of hydrogen-bond donors (Lipinski definition) is 0. The minimum absolute atomic E-state index is 0.101. The van der Waals surface area contributed by atoms with Gasteiger partial charge in [-0.3, -0.25) is 4.90 Å². The maximum absolute atomic E-state index is 9.65. The number of nitrogens with zero attached hydrogens (tertiary/aromatic N) is 2. The van der Waals surface area contributed by atoms with Gasteiger partial charge >= 0.3 is 0 Å². The summed E-state index contributed by atoms with van der Waals surface area (Å²) in [5, 5.41) is 9.65. The van der Waals surface area contributed by atoms with Crippen LogP contribution in [0.15, 0.2) is 0 Å². The van der Waals surface area contributed by atoms with Crippen molar-refractivity contribution >= 4 is 0 Å². The molecule has 0 unspecified atom stereocenters. The second-order valence-electron chi connectivity index (χ2n) is 5.90. The predicted octanol–water partition coefficient (Wildman–Crippen LogP) is 3.72. The molecular weight excluding hydrogens is 208 g/mol. The van der Waals surface area contributed by atoms with Crippen LogP contribution in [-0.4, -0.2) is 23.5 Å². The lowest BCUT2D eigenvalue weighted by atomic mass is 9.75. The third-order valence-electron chi connectivity index (χ3n) is 4.93. The third-order valence-corrected chi connectivity index (χ3v) is 4.93.